The molecule has 0 fully saturated rings. The number of carbonyl (C=O) groups excluding carboxylic acids is 1. The number of methoxy groups -OCH3 is 1. The number of ketones is 1. The standard InChI is InChI=1S/C14H12O4/c1-17-14-10(4-2-5-12(14)16)7-8-11(15)13-6-3-9-18-13/h2-9,16H,1H3. The van der Waals surface area contributed by atoms with Gasteiger partial charge in [0, 0.05) is 5.56 Å². The fourth-order valence-electron chi connectivity index (χ4n) is 1.56. The summed E-state index contributed by atoms with van der Waals surface area (Å²) in [5, 5.41) is 9.58. The summed E-state index contributed by atoms with van der Waals surface area (Å²) >= 11 is 0. The SMILES string of the molecule is COc1c(O)cccc1C=CC(=O)c1ccco1. The minimum Gasteiger partial charge on any atom is -0.504 e. The molecule has 0 aliphatic heterocycles. The lowest BCUT2D eigenvalue weighted by Gasteiger charge is -2.05. The Morgan fingerprint density at radius 2 is 2.17 bits per heavy atom. The number of hydrogen-bond donors (Lipinski definition) is 1. The molecule has 4 nitrogen and oxygen atoms in total. The summed E-state index contributed by atoms with van der Waals surface area (Å²) in [7, 11) is 1.46. The molecule has 0 atom stereocenters. The molecule has 0 saturated carbocycles. The molecular formula is C14H12O4. The Kier molecular flexibility index (Phi) is 3.48. The van der Waals surface area contributed by atoms with E-state index in [1.807, 2.05) is 0 Å². The first-order valence-electron chi connectivity index (χ1n) is 5.34. The Morgan fingerprint density at radius 1 is 1.33 bits per heavy atom. The predicted molar refractivity (Wildman–Crippen MR) is 66.7 cm³/mol. The minimum atomic E-state index is -0.245. The van der Waals surface area contributed by atoms with E-state index in [1.54, 1.807) is 30.3 Å². The van der Waals surface area contributed by atoms with Crippen molar-refractivity contribution in [3.63, 3.8) is 0 Å². The molecule has 0 amide bonds. The van der Waals surface area contributed by atoms with Crippen molar-refractivity contribution < 1.29 is 19.1 Å². The van der Waals surface area contributed by atoms with Crippen molar-refractivity contribution in [2.45, 2.75) is 0 Å². The second kappa shape index (κ2) is 5.23. The summed E-state index contributed by atoms with van der Waals surface area (Å²) < 4.78 is 10.0. The summed E-state index contributed by atoms with van der Waals surface area (Å²) in [5.41, 5.74) is 0.623. The predicted octanol–water partition coefficient (Wildman–Crippen LogP) is 2.89. The third-order valence-electron chi connectivity index (χ3n) is 2.41. The van der Waals surface area contributed by atoms with Crippen LogP contribution >= 0.6 is 0 Å². The molecule has 18 heavy (non-hydrogen) atoms. The van der Waals surface area contributed by atoms with E-state index in [9.17, 15) is 9.90 Å². The lowest BCUT2D eigenvalue weighted by Crippen LogP contribution is -1.91. The minimum absolute atomic E-state index is 0.0325. The summed E-state index contributed by atoms with van der Waals surface area (Å²) in [5.74, 6) is 0.391. The van der Waals surface area contributed by atoms with Crippen LogP contribution in [0.5, 0.6) is 11.5 Å². The molecule has 0 saturated heterocycles. The van der Waals surface area contributed by atoms with Crippen molar-refractivity contribution in [2.24, 2.45) is 0 Å². The Hall–Kier alpha value is -2.49. The second-order valence-corrected chi connectivity index (χ2v) is 3.57. The van der Waals surface area contributed by atoms with Gasteiger partial charge >= 0.3 is 0 Å². The van der Waals surface area contributed by atoms with Gasteiger partial charge in [0.15, 0.2) is 17.3 Å². The summed E-state index contributed by atoms with van der Waals surface area (Å²) in [4.78, 5) is 11.7. The molecule has 1 aromatic carbocycles. The smallest absolute Gasteiger partial charge is 0.221 e. The summed E-state index contributed by atoms with van der Waals surface area (Å²) in [6, 6.07) is 8.17. The Labute approximate surface area is 104 Å². The molecule has 1 aromatic heterocycles. The number of hydrogen-bond acceptors (Lipinski definition) is 4. The number of ether oxygens (including phenoxy) is 1. The topological polar surface area (TPSA) is 59.7 Å². The number of para-hydroxylation sites is 1. The highest BCUT2D eigenvalue weighted by Gasteiger charge is 2.07. The molecule has 2 aromatic rings. The largest absolute Gasteiger partial charge is 0.504 e. The number of benzene rings is 1. The average Bonchev–Trinajstić information content (AvgIpc) is 2.90. The van der Waals surface area contributed by atoms with Gasteiger partial charge in [-0.1, -0.05) is 12.1 Å². The maximum Gasteiger partial charge on any atom is 0.221 e. The van der Waals surface area contributed by atoms with Gasteiger partial charge in [0.1, 0.15) is 0 Å². The molecule has 1 N–H and O–H groups in total. The maximum atomic E-state index is 11.7. The van der Waals surface area contributed by atoms with Gasteiger partial charge in [-0.05, 0) is 30.4 Å². The fraction of sp³-hybridized carbons (Fsp3) is 0.0714. The molecule has 4 heteroatoms. The van der Waals surface area contributed by atoms with Gasteiger partial charge in [-0.25, -0.2) is 0 Å². The molecule has 1 heterocycles. The number of phenolic OH excluding ortho intramolecular Hbond substituents is 1. The van der Waals surface area contributed by atoms with Crippen molar-refractivity contribution in [3.8, 4) is 11.5 Å². The zero-order valence-electron chi connectivity index (χ0n) is 9.79. The Balaban J connectivity index is 2.24. The molecule has 0 aliphatic carbocycles. The van der Waals surface area contributed by atoms with Crippen LogP contribution in [0.15, 0.2) is 47.1 Å². The number of rotatable bonds is 4. The van der Waals surface area contributed by atoms with Crippen LogP contribution in [0.2, 0.25) is 0 Å². The number of phenols is 1. The Morgan fingerprint density at radius 3 is 2.83 bits per heavy atom. The van der Waals surface area contributed by atoms with Gasteiger partial charge in [-0.3, -0.25) is 4.79 Å². The zero-order valence-corrected chi connectivity index (χ0v) is 9.79. The summed E-state index contributed by atoms with van der Waals surface area (Å²) in [6.07, 6.45) is 4.38. The first-order valence-corrected chi connectivity index (χ1v) is 5.34. The number of allylic oxidation sites excluding steroid dienone is 1. The van der Waals surface area contributed by atoms with Crippen LogP contribution in [-0.2, 0) is 0 Å². The molecule has 0 bridgehead atoms. The van der Waals surface area contributed by atoms with Gasteiger partial charge in [0.25, 0.3) is 0 Å². The highest BCUT2D eigenvalue weighted by atomic mass is 16.5. The van der Waals surface area contributed by atoms with Gasteiger partial charge in [-0.2, -0.15) is 0 Å². The van der Waals surface area contributed by atoms with Gasteiger partial charge in [-0.15, -0.1) is 0 Å². The summed E-state index contributed by atoms with van der Waals surface area (Å²) in [6.45, 7) is 0. The second-order valence-electron chi connectivity index (χ2n) is 3.57. The molecule has 0 unspecified atom stereocenters. The van der Waals surface area contributed by atoms with Crippen molar-refractivity contribution in [1.29, 1.82) is 0 Å². The molecule has 92 valence electrons. The van der Waals surface area contributed by atoms with E-state index in [4.69, 9.17) is 9.15 Å². The van der Waals surface area contributed by atoms with Crippen LogP contribution in [0.25, 0.3) is 6.08 Å². The molecule has 2 rings (SSSR count). The van der Waals surface area contributed by atoms with Crippen LogP contribution in [0, 0.1) is 0 Å². The van der Waals surface area contributed by atoms with Crippen molar-refractivity contribution in [1.82, 2.24) is 0 Å². The molecule has 0 aliphatic rings. The van der Waals surface area contributed by atoms with E-state index in [0.717, 1.165) is 0 Å². The first-order chi connectivity index (χ1) is 8.72. The van der Waals surface area contributed by atoms with Gasteiger partial charge in [0.05, 0.1) is 13.4 Å². The third-order valence-corrected chi connectivity index (χ3v) is 2.41. The highest BCUT2D eigenvalue weighted by Crippen LogP contribution is 2.30. The molecule has 0 spiro atoms. The van der Waals surface area contributed by atoms with E-state index in [-0.39, 0.29) is 17.3 Å². The van der Waals surface area contributed by atoms with E-state index in [0.29, 0.717) is 11.3 Å². The average molecular weight is 244 g/mol. The lowest BCUT2D eigenvalue weighted by molar-refractivity contribution is 0.102. The number of carbonyl (C=O) groups is 1. The van der Waals surface area contributed by atoms with E-state index < -0.39 is 0 Å². The molecular weight excluding hydrogens is 232 g/mol. The van der Waals surface area contributed by atoms with Crippen LogP contribution in [0.4, 0.5) is 0 Å². The molecule has 0 radical (unpaired) electrons. The Bertz CT molecular complexity index is 567. The number of furan rings is 1. The maximum absolute atomic E-state index is 11.7. The third kappa shape index (κ3) is 2.43. The van der Waals surface area contributed by atoms with Crippen molar-refractivity contribution in [3.05, 3.63) is 54.0 Å². The van der Waals surface area contributed by atoms with Gasteiger partial charge in [0.2, 0.25) is 5.78 Å². The quantitative estimate of drug-likeness (QED) is 0.663. The fourth-order valence-corrected chi connectivity index (χ4v) is 1.56. The van der Waals surface area contributed by atoms with Crippen molar-refractivity contribution >= 4 is 11.9 Å². The lowest BCUT2D eigenvalue weighted by atomic mass is 10.1. The highest BCUT2D eigenvalue weighted by molar-refractivity contribution is 6.05. The number of aromatic hydroxyl groups is 1. The van der Waals surface area contributed by atoms with Crippen LogP contribution in [0.1, 0.15) is 16.1 Å². The normalized spacial score (nSPS) is 10.7. The van der Waals surface area contributed by atoms with Gasteiger partial charge < -0.3 is 14.3 Å². The zero-order chi connectivity index (χ0) is 13.0. The van der Waals surface area contributed by atoms with Crippen LogP contribution < -0.4 is 4.74 Å². The van der Waals surface area contributed by atoms with Crippen LogP contribution in [0.3, 0.4) is 0 Å². The van der Waals surface area contributed by atoms with Crippen LogP contribution in [-0.4, -0.2) is 18.0 Å². The monoisotopic (exact) mass is 244 g/mol. The first kappa shape index (κ1) is 12.0. The van der Waals surface area contributed by atoms with E-state index in [1.165, 1.54) is 25.5 Å². The van der Waals surface area contributed by atoms with E-state index in [2.05, 4.69) is 0 Å². The van der Waals surface area contributed by atoms with E-state index >= 15 is 0 Å². The van der Waals surface area contributed by atoms with Crippen molar-refractivity contribution in [2.75, 3.05) is 7.11 Å².